The number of nitrogens with one attached hydrogen (secondary N) is 2. The van der Waals surface area contributed by atoms with E-state index in [1.54, 1.807) is 0 Å². The summed E-state index contributed by atoms with van der Waals surface area (Å²) >= 11 is 0. The molecule has 1 unspecified atom stereocenters. The van der Waals surface area contributed by atoms with Crippen LogP contribution < -0.4 is 33.6 Å². The van der Waals surface area contributed by atoms with Crippen LogP contribution >= 0.6 is 0 Å². The van der Waals surface area contributed by atoms with E-state index in [1.165, 1.54) is 14.0 Å². The van der Waals surface area contributed by atoms with E-state index in [9.17, 15) is 40.5 Å². The molecular formula is C22H40N8O13. The number of ether oxygens (including phenoxy) is 5. The van der Waals surface area contributed by atoms with E-state index in [0.717, 1.165) is 0 Å². The Hall–Kier alpha value is -2.67. The lowest BCUT2D eigenvalue weighted by atomic mass is 9.81. The first kappa shape index (κ1) is 33.2. The van der Waals surface area contributed by atoms with Crippen molar-refractivity contribution in [1.29, 1.82) is 0 Å². The highest BCUT2D eigenvalue weighted by atomic mass is 16.8. The van der Waals surface area contributed by atoms with Crippen molar-refractivity contribution in [3.8, 4) is 0 Å². The number of hydrogen-bond donors (Lipinski definition) is 13. The molecule has 1 amide bonds. The van der Waals surface area contributed by atoms with Gasteiger partial charge in [0.15, 0.2) is 36.8 Å². The summed E-state index contributed by atoms with van der Waals surface area (Å²) in [6, 6.07) is -4.12. The van der Waals surface area contributed by atoms with Gasteiger partial charge in [-0.1, -0.05) is 0 Å². The molecule has 0 aromatic heterocycles. The molecule has 4 fully saturated rings. The molecule has 0 aromatic rings. The third-order valence-electron chi connectivity index (χ3n) is 8.07. The van der Waals surface area contributed by atoms with Crippen molar-refractivity contribution in [3.05, 3.63) is 0 Å². The maximum Gasteiger partial charge on any atom is 0.410 e. The van der Waals surface area contributed by atoms with Crippen LogP contribution in [0.25, 0.3) is 0 Å². The van der Waals surface area contributed by atoms with Crippen LogP contribution in [-0.2, 0) is 23.7 Å². The predicted octanol–water partition coefficient (Wildman–Crippen LogP) is -8.29. The number of amides is 1. The van der Waals surface area contributed by atoms with E-state index in [4.69, 9.17) is 46.6 Å². The quantitative estimate of drug-likeness (QED) is 0.0880. The number of rotatable bonds is 8. The SMILES string of the molecule is CN[C@@H]1[C@H](O[C@H]2[C@H](O[C@H]3[C@H](O)[C@@H](O)[C@H](N=C(N)N)[C@@H](O)[C@@H]3N=C(N)N)O[C@@H](C)C23OC(=O)N[C@H]3O)O[C@@H](CO)[C@H](O)[C@H]1O. The van der Waals surface area contributed by atoms with Crippen LogP contribution in [0.3, 0.4) is 0 Å². The molecule has 246 valence electrons. The molecule has 3 aliphatic heterocycles. The molecule has 43 heavy (non-hydrogen) atoms. The first-order chi connectivity index (χ1) is 20.2. The molecule has 3 heterocycles. The minimum atomic E-state index is -2.03. The largest absolute Gasteiger partial charge is 0.432 e. The number of guanidine groups is 2. The number of nitrogens with two attached hydrogens (primary N) is 4. The Morgan fingerprint density at radius 1 is 0.907 bits per heavy atom. The van der Waals surface area contributed by atoms with Crippen LogP contribution in [0.2, 0.25) is 0 Å². The first-order valence-electron chi connectivity index (χ1n) is 13.3. The molecule has 21 nitrogen and oxygen atoms in total. The number of aliphatic imine (C=N–C) groups is 2. The van der Waals surface area contributed by atoms with Gasteiger partial charge < -0.3 is 87.7 Å². The van der Waals surface area contributed by atoms with Gasteiger partial charge in [-0.25, -0.2) is 14.8 Å². The fourth-order valence-electron chi connectivity index (χ4n) is 5.90. The second-order valence-corrected chi connectivity index (χ2v) is 10.7. The van der Waals surface area contributed by atoms with Crippen molar-refractivity contribution in [2.75, 3.05) is 13.7 Å². The first-order valence-corrected chi connectivity index (χ1v) is 13.3. The van der Waals surface area contributed by atoms with Crippen molar-refractivity contribution < 1.29 is 64.2 Å². The van der Waals surface area contributed by atoms with Crippen LogP contribution in [0, 0.1) is 0 Å². The summed E-state index contributed by atoms with van der Waals surface area (Å²) in [5.41, 5.74) is 19.9. The van der Waals surface area contributed by atoms with Gasteiger partial charge in [-0.3, -0.25) is 5.32 Å². The van der Waals surface area contributed by atoms with Crippen LogP contribution in [0.4, 0.5) is 4.79 Å². The van der Waals surface area contributed by atoms with Gasteiger partial charge in [0.1, 0.15) is 60.9 Å². The molecule has 0 radical (unpaired) electrons. The Kier molecular flexibility index (Phi) is 9.85. The van der Waals surface area contributed by atoms with E-state index in [0.29, 0.717) is 0 Å². The summed E-state index contributed by atoms with van der Waals surface area (Å²) in [4.78, 5) is 20.0. The average Bonchev–Trinajstić information content (AvgIpc) is 3.38. The lowest BCUT2D eigenvalue weighted by Crippen LogP contribution is -2.67. The summed E-state index contributed by atoms with van der Waals surface area (Å²) in [5, 5.41) is 79.4. The lowest BCUT2D eigenvalue weighted by Gasteiger charge is -2.46. The Bertz CT molecular complexity index is 1070. The number of likely N-dealkylation sites (N-methyl/N-ethyl adjacent to an activating group) is 1. The Balaban J connectivity index is 1.72. The van der Waals surface area contributed by atoms with Gasteiger partial charge in [0, 0.05) is 0 Å². The normalized spacial score (nSPS) is 48.0. The predicted molar refractivity (Wildman–Crippen MR) is 140 cm³/mol. The van der Waals surface area contributed by atoms with Crippen molar-refractivity contribution in [2.24, 2.45) is 32.9 Å². The van der Waals surface area contributed by atoms with E-state index in [-0.39, 0.29) is 0 Å². The van der Waals surface area contributed by atoms with Gasteiger partial charge >= 0.3 is 6.09 Å². The zero-order valence-corrected chi connectivity index (χ0v) is 23.2. The van der Waals surface area contributed by atoms with Gasteiger partial charge in [-0.15, -0.1) is 0 Å². The van der Waals surface area contributed by atoms with E-state index in [1.807, 2.05) is 0 Å². The zero-order chi connectivity index (χ0) is 32.0. The molecular weight excluding hydrogens is 584 g/mol. The summed E-state index contributed by atoms with van der Waals surface area (Å²) in [6.07, 6.45) is -20.1. The maximum absolute atomic E-state index is 12.3. The number of nitrogens with zero attached hydrogens (tertiary/aromatic N) is 2. The summed E-state index contributed by atoms with van der Waals surface area (Å²) in [7, 11) is 1.43. The molecule has 16 atom stereocenters. The fraction of sp³-hybridized carbons (Fsp3) is 0.864. The molecule has 0 bridgehead atoms. The molecule has 0 aromatic carbocycles. The fourth-order valence-corrected chi connectivity index (χ4v) is 5.90. The molecule has 1 saturated carbocycles. The highest BCUT2D eigenvalue weighted by Crippen LogP contribution is 2.44. The molecule has 4 aliphatic rings. The van der Waals surface area contributed by atoms with E-state index in [2.05, 4.69) is 20.6 Å². The van der Waals surface area contributed by atoms with Gasteiger partial charge in [-0.05, 0) is 14.0 Å². The molecule has 4 rings (SSSR count). The Morgan fingerprint density at radius 2 is 1.53 bits per heavy atom. The van der Waals surface area contributed by atoms with Crippen LogP contribution in [0.1, 0.15) is 6.92 Å². The topological polar surface area (TPSA) is 358 Å². The number of aliphatic hydroxyl groups excluding tert-OH is 7. The molecule has 21 heteroatoms. The van der Waals surface area contributed by atoms with Crippen LogP contribution in [-0.4, -0.2) is 165 Å². The average molecular weight is 625 g/mol. The second kappa shape index (κ2) is 12.7. The molecule has 3 saturated heterocycles. The van der Waals surface area contributed by atoms with Gasteiger partial charge in [0.2, 0.25) is 5.60 Å². The number of aliphatic hydroxyl groups is 7. The lowest BCUT2D eigenvalue weighted by molar-refractivity contribution is -0.318. The van der Waals surface area contributed by atoms with E-state index < -0.39 is 122 Å². The van der Waals surface area contributed by atoms with Crippen LogP contribution in [0.15, 0.2) is 9.98 Å². The third-order valence-corrected chi connectivity index (χ3v) is 8.07. The van der Waals surface area contributed by atoms with Crippen molar-refractivity contribution in [2.45, 2.75) is 104 Å². The van der Waals surface area contributed by atoms with E-state index >= 15 is 0 Å². The third kappa shape index (κ3) is 5.91. The highest BCUT2D eigenvalue weighted by Gasteiger charge is 2.69. The molecule has 1 aliphatic carbocycles. The smallest absolute Gasteiger partial charge is 0.410 e. The Morgan fingerprint density at radius 3 is 2.07 bits per heavy atom. The minimum absolute atomic E-state index is 0.508. The zero-order valence-electron chi connectivity index (χ0n) is 23.2. The summed E-state index contributed by atoms with van der Waals surface area (Å²) in [5.74, 6) is -1.04. The standard InChI is InChI=1S/C22H40N8O13/c1-4-22(18(37)30-21(38)43-22)15(42-16-8(27-2)12(35)9(32)5(3-31)40-16)17(39-4)41-14-7(29-20(25)26)10(33)6(28-19(23)24)11(34)13(14)36/h4-18,27,31-37H,3H2,1-2H3,(H,30,38)(H4,23,24,28)(H4,25,26,29)/t4-,5-,6+,7-,8-,9-,10+,11-,12-,13+,14+,15-,16-,17-,18-,22?/m0/s1. The van der Waals surface area contributed by atoms with Crippen molar-refractivity contribution in [1.82, 2.24) is 10.6 Å². The summed E-state index contributed by atoms with van der Waals surface area (Å²) < 4.78 is 29.2. The maximum atomic E-state index is 12.3. The number of alkyl carbamates (subject to hydrolysis) is 1. The molecule has 1 spiro atoms. The highest BCUT2D eigenvalue weighted by molar-refractivity contribution is 5.76. The van der Waals surface area contributed by atoms with Crippen molar-refractivity contribution in [3.63, 3.8) is 0 Å². The van der Waals surface area contributed by atoms with Crippen molar-refractivity contribution >= 4 is 18.0 Å². The van der Waals surface area contributed by atoms with Gasteiger partial charge in [0.25, 0.3) is 0 Å². The van der Waals surface area contributed by atoms with Crippen LogP contribution in [0.5, 0.6) is 0 Å². The number of hydrogen-bond acceptors (Lipinski definition) is 16. The molecule has 17 N–H and O–H groups in total. The number of carbonyl (C=O) groups excluding carboxylic acids is 1. The van der Waals surface area contributed by atoms with Gasteiger partial charge in [-0.2, -0.15) is 0 Å². The monoisotopic (exact) mass is 624 g/mol. The second-order valence-electron chi connectivity index (χ2n) is 10.7. The minimum Gasteiger partial charge on any atom is -0.432 e. The summed E-state index contributed by atoms with van der Waals surface area (Å²) in [6.45, 7) is 0.705. The Labute approximate surface area is 244 Å². The number of carbonyl (C=O) groups is 1. The van der Waals surface area contributed by atoms with Gasteiger partial charge in [0.05, 0.1) is 12.6 Å².